The zero-order valence-electron chi connectivity index (χ0n) is 88.0. The third kappa shape index (κ3) is 125. The Morgan fingerprint density at radius 1 is 0.204 bits per heavy atom. The van der Waals surface area contributed by atoms with Crippen molar-refractivity contribution < 1.29 is 195 Å². The first kappa shape index (κ1) is 139. The molecular formula is C100H195NO41. The topological polar surface area (TPSA) is 433 Å². The van der Waals surface area contributed by atoms with E-state index in [0.717, 1.165) is 38.5 Å². The number of unbranched alkanes of at least 4 members (excludes halogenated alkanes) is 12. The van der Waals surface area contributed by atoms with Crippen LogP contribution in [0.3, 0.4) is 0 Å². The predicted octanol–water partition coefficient (Wildman–Crippen LogP) is 7.73. The molecule has 0 aliphatic carbocycles. The number of esters is 1. The fourth-order valence-corrected chi connectivity index (χ4v) is 11.9. The van der Waals surface area contributed by atoms with Crippen molar-refractivity contribution in [1.82, 2.24) is 5.32 Å². The molecule has 1 amide bonds. The van der Waals surface area contributed by atoms with Crippen LogP contribution in [0, 0.1) is 5.92 Å². The van der Waals surface area contributed by atoms with Crippen molar-refractivity contribution in [1.29, 1.82) is 0 Å². The minimum Gasteiger partial charge on any atom is -0.481 e. The minimum atomic E-state index is -0.882. The summed E-state index contributed by atoms with van der Waals surface area (Å²) in [5.41, 5.74) is -0.678. The summed E-state index contributed by atoms with van der Waals surface area (Å²) in [4.78, 5) is 48.9. The molecule has 0 unspecified atom stereocenters. The molecule has 0 rings (SSSR count). The molecule has 0 aromatic heterocycles. The quantitative estimate of drug-likeness (QED) is 0.0434. The molecule has 0 aromatic carbocycles. The van der Waals surface area contributed by atoms with Crippen LogP contribution in [0.1, 0.15) is 150 Å². The Kier molecular flexibility index (Phi) is 120. The maximum atomic E-state index is 13.0. The van der Waals surface area contributed by atoms with Crippen LogP contribution in [-0.4, -0.2) is 503 Å². The number of hydrogen-bond acceptors (Lipinski definition) is 40. The van der Waals surface area contributed by atoms with Gasteiger partial charge in [0.05, 0.1) is 462 Å². The largest absolute Gasteiger partial charge is 0.481 e. The van der Waals surface area contributed by atoms with Crippen molar-refractivity contribution in [3.8, 4) is 0 Å². The van der Waals surface area contributed by atoms with Crippen LogP contribution in [0.15, 0.2) is 0 Å². The Morgan fingerprint density at radius 3 is 0.563 bits per heavy atom. The van der Waals surface area contributed by atoms with Gasteiger partial charge in [0.25, 0.3) is 0 Å². The van der Waals surface area contributed by atoms with Crippen molar-refractivity contribution in [2.45, 2.75) is 155 Å². The lowest BCUT2D eigenvalue weighted by molar-refractivity contribution is -0.161. The highest BCUT2D eigenvalue weighted by Gasteiger charge is 2.28. The van der Waals surface area contributed by atoms with E-state index in [1.165, 1.54) is 51.4 Å². The third-order valence-corrected chi connectivity index (χ3v) is 19.4. The van der Waals surface area contributed by atoms with Gasteiger partial charge in [-0.2, -0.15) is 0 Å². The van der Waals surface area contributed by atoms with Crippen LogP contribution in [0.4, 0.5) is 0 Å². The van der Waals surface area contributed by atoms with Crippen molar-refractivity contribution in [3.05, 3.63) is 0 Å². The van der Waals surface area contributed by atoms with Gasteiger partial charge in [-0.05, 0) is 52.9 Å². The van der Waals surface area contributed by atoms with E-state index in [9.17, 15) is 19.2 Å². The highest BCUT2D eigenvalue weighted by atomic mass is 16.6. The zero-order valence-corrected chi connectivity index (χ0v) is 88.0. The van der Waals surface area contributed by atoms with E-state index in [2.05, 4.69) is 12.2 Å². The third-order valence-electron chi connectivity index (χ3n) is 19.4. The lowest BCUT2D eigenvalue weighted by Gasteiger charge is -2.23. The Balaban J connectivity index is 3.22. The van der Waals surface area contributed by atoms with Gasteiger partial charge in [0, 0.05) is 39.0 Å². The summed E-state index contributed by atoms with van der Waals surface area (Å²) < 4.78 is 199. The van der Waals surface area contributed by atoms with Crippen molar-refractivity contribution in [3.63, 3.8) is 0 Å². The van der Waals surface area contributed by atoms with Gasteiger partial charge in [0.1, 0.15) is 11.4 Å². The van der Waals surface area contributed by atoms with Gasteiger partial charge in [-0.1, -0.05) is 71.1 Å². The van der Waals surface area contributed by atoms with Gasteiger partial charge in [-0.25, -0.2) is 0 Å². The normalized spacial score (nSPS) is 12.1. The summed E-state index contributed by atoms with van der Waals surface area (Å²) >= 11 is 0. The number of ketones is 1. The second-order valence-corrected chi connectivity index (χ2v) is 32.8. The van der Waals surface area contributed by atoms with Crippen LogP contribution in [0.25, 0.3) is 0 Å². The second kappa shape index (κ2) is 123. The maximum Gasteiger partial charge on any atom is 0.309 e. The maximum absolute atomic E-state index is 13.0. The van der Waals surface area contributed by atoms with Crippen molar-refractivity contribution in [2.75, 3.05) is 469 Å². The molecule has 0 aromatic rings. The van der Waals surface area contributed by atoms with Gasteiger partial charge < -0.3 is 181 Å². The minimum absolute atomic E-state index is 0.0128. The first-order valence-corrected chi connectivity index (χ1v) is 52.5. The monoisotopic (exact) mass is 2070 g/mol. The number of carbonyl (C=O) groups excluding carboxylic acids is 3. The number of aliphatic carboxylic acids is 1. The molecule has 0 saturated carbocycles. The molecule has 142 heavy (non-hydrogen) atoms. The lowest BCUT2D eigenvalue weighted by atomic mass is 9.94. The second-order valence-electron chi connectivity index (χ2n) is 32.8. The summed E-state index contributed by atoms with van der Waals surface area (Å²) in [5.74, 6) is -2.10. The summed E-state index contributed by atoms with van der Waals surface area (Å²) in [7, 11) is 0. The fraction of sp³-hybridized carbons (Fsp3) is 0.960. The van der Waals surface area contributed by atoms with Gasteiger partial charge in [0.15, 0.2) is 0 Å². The number of rotatable bonds is 129. The molecule has 0 saturated heterocycles. The Hall–Kier alpha value is -3.32. The van der Waals surface area contributed by atoms with Crippen LogP contribution in [-0.2, 0) is 190 Å². The molecule has 0 aliphatic heterocycles. The van der Waals surface area contributed by atoms with Crippen molar-refractivity contribution >= 4 is 23.6 Å². The molecule has 0 bridgehead atoms. The summed E-state index contributed by atoms with van der Waals surface area (Å²) in [5, 5.41) is 11.4. The molecule has 0 heterocycles. The standard InChI is InChI=1S/C100H195NO41/c1-5-6-7-8-9-10-11-12-13-14-16-19-96(102)94-95(99(106)142-100(2,3)4)20-21-97(103)101-23-27-110-31-35-114-39-43-118-47-51-122-55-59-126-63-67-130-71-75-134-79-81-136-83-85-138-87-89-140-91-93-141-92-90-139-88-86-137-84-82-135-80-77-132-73-69-128-65-61-124-57-53-120-49-45-116-41-37-112-33-29-108-25-18-15-17-24-107-28-32-111-36-40-115-44-48-119-52-56-123-60-64-127-68-72-131-76-78-133-74-70-129-66-62-125-58-54-121-50-46-117-42-38-113-34-30-109-26-22-98(104)105/h95H,5-94H2,1-4H3,(H,101,103)(H,104,105)/t95-/m1/s1. The van der Waals surface area contributed by atoms with Gasteiger partial charge in [0.2, 0.25) is 5.91 Å². The lowest BCUT2D eigenvalue weighted by Crippen LogP contribution is -2.32. The van der Waals surface area contributed by atoms with E-state index in [4.69, 9.17) is 176 Å². The predicted molar refractivity (Wildman–Crippen MR) is 527 cm³/mol. The zero-order chi connectivity index (χ0) is 102. The van der Waals surface area contributed by atoms with E-state index in [0.29, 0.717) is 469 Å². The molecule has 0 radical (unpaired) electrons. The van der Waals surface area contributed by atoms with Crippen LogP contribution >= 0.6 is 0 Å². The molecule has 42 nitrogen and oxygen atoms in total. The van der Waals surface area contributed by atoms with Crippen molar-refractivity contribution in [2.24, 2.45) is 5.92 Å². The molecule has 2 N–H and O–H groups in total. The van der Waals surface area contributed by atoms with Gasteiger partial charge in [-0.3, -0.25) is 19.2 Å². The highest BCUT2D eigenvalue weighted by molar-refractivity contribution is 5.85. The van der Waals surface area contributed by atoms with E-state index < -0.39 is 23.5 Å². The Morgan fingerprint density at radius 2 is 0.373 bits per heavy atom. The van der Waals surface area contributed by atoms with E-state index in [-0.39, 0.29) is 44.0 Å². The number of Topliss-reactive ketones (excluding diaryl/α,β-unsaturated/α-hetero) is 1. The number of carbonyl (C=O) groups is 4. The summed E-state index contributed by atoms with van der Waals surface area (Å²) in [6.07, 6.45) is 17.2. The summed E-state index contributed by atoms with van der Waals surface area (Å²) in [6, 6.07) is 0. The number of hydrogen-bond donors (Lipinski definition) is 2. The molecule has 1 atom stereocenters. The first-order valence-electron chi connectivity index (χ1n) is 52.5. The molecule has 0 aliphatic rings. The number of ether oxygens (including phenoxy) is 36. The molecule has 0 fully saturated rings. The number of amides is 1. The Labute approximate surface area is 850 Å². The summed E-state index contributed by atoms with van der Waals surface area (Å²) in [6.45, 7) is 40.8. The molecule has 846 valence electrons. The van der Waals surface area contributed by atoms with E-state index in [1.807, 2.05) is 0 Å². The Bertz CT molecular complexity index is 2410. The SMILES string of the molecule is CCCCCCCCCCCCCC(=O)C[C@@H](CCC(=O)NCCOCCOCCOCCOCCOCCOCCOCCOCCOCCOCCOCCOCCOCCOCCOCCOCCOCCOCCOCCOCCOCCCCCOCCOCCOCCOCCOCCOCCOCCOCCOCCOCCOCCOCCOCCOCCC(=O)O)C(=O)OC(C)(C)C. The fourth-order valence-electron chi connectivity index (χ4n) is 11.9. The van der Waals surface area contributed by atoms with Crippen LogP contribution in [0.2, 0.25) is 0 Å². The number of carboxylic acids is 1. The highest BCUT2D eigenvalue weighted by Crippen LogP contribution is 2.21. The van der Waals surface area contributed by atoms with E-state index >= 15 is 0 Å². The number of nitrogens with one attached hydrogen (secondary N) is 1. The molecule has 0 spiro atoms. The van der Waals surface area contributed by atoms with Gasteiger partial charge >= 0.3 is 11.9 Å². The molecular weight excluding hydrogens is 1870 g/mol. The van der Waals surface area contributed by atoms with Gasteiger partial charge in [-0.15, -0.1) is 0 Å². The van der Waals surface area contributed by atoms with E-state index in [1.54, 1.807) is 20.8 Å². The number of carboxylic acid groups (broad SMARTS) is 1. The average molecular weight is 2070 g/mol. The average Bonchev–Trinajstić information content (AvgIpc) is 0.886. The molecule has 42 heteroatoms. The van der Waals surface area contributed by atoms with Crippen LogP contribution < -0.4 is 5.32 Å². The first-order chi connectivity index (χ1) is 70.0. The smallest absolute Gasteiger partial charge is 0.309 e. The van der Waals surface area contributed by atoms with Crippen LogP contribution in [0.5, 0.6) is 0 Å².